The molecule has 0 aliphatic rings. The second-order valence-electron chi connectivity index (χ2n) is 6.18. The molecule has 12 heteroatoms. The molecule has 0 aliphatic carbocycles. The first-order chi connectivity index (χ1) is 13.6. The molecule has 1 aromatic rings. The van der Waals surface area contributed by atoms with E-state index in [1.54, 1.807) is 0 Å². The maximum atomic E-state index is 12.9. The molecular weight excluding hydrogens is 417 g/mol. The predicted octanol–water partition coefficient (Wildman–Crippen LogP) is 3.56. The average molecular weight is 439 g/mol. The van der Waals surface area contributed by atoms with Crippen LogP contribution in [0, 0.1) is 5.92 Å². The summed E-state index contributed by atoms with van der Waals surface area (Å²) in [5.74, 6) is -1.45. The SMILES string of the molecule is CCCCC[C@H](CN(O)C=O)C(=O)NNC(=O)Nc1ccc(Cl)c(C(F)(F)F)c1. The summed E-state index contributed by atoms with van der Waals surface area (Å²) < 4.78 is 38.6. The van der Waals surface area contributed by atoms with Crippen LogP contribution < -0.4 is 16.2 Å². The number of rotatable bonds is 9. The van der Waals surface area contributed by atoms with Crippen molar-refractivity contribution >= 4 is 35.6 Å². The van der Waals surface area contributed by atoms with Crippen molar-refractivity contribution in [1.29, 1.82) is 0 Å². The van der Waals surface area contributed by atoms with E-state index in [0.29, 0.717) is 24.0 Å². The van der Waals surface area contributed by atoms with Crippen molar-refractivity contribution in [3.8, 4) is 0 Å². The summed E-state index contributed by atoms with van der Waals surface area (Å²) in [6, 6.07) is 1.82. The lowest BCUT2D eigenvalue weighted by Crippen LogP contribution is -2.48. The molecule has 0 radical (unpaired) electrons. The number of hydrogen-bond donors (Lipinski definition) is 4. The lowest BCUT2D eigenvalue weighted by molar-refractivity contribution is -0.154. The topological polar surface area (TPSA) is 111 Å². The van der Waals surface area contributed by atoms with E-state index in [-0.39, 0.29) is 18.6 Å². The molecule has 0 spiro atoms. The maximum absolute atomic E-state index is 12.9. The van der Waals surface area contributed by atoms with Gasteiger partial charge in [0.05, 0.1) is 23.0 Å². The van der Waals surface area contributed by atoms with E-state index >= 15 is 0 Å². The summed E-state index contributed by atoms with van der Waals surface area (Å²) in [5.41, 5.74) is 2.82. The number of amides is 4. The van der Waals surface area contributed by atoms with Crippen LogP contribution in [0.15, 0.2) is 18.2 Å². The fourth-order valence-corrected chi connectivity index (χ4v) is 2.64. The number of benzene rings is 1. The zero-order chi connectivity index (χ0) is 22.0. The monoisotopic (exact) mass is 438 g/mol. The van der Waals surface area contributed by atoms with E-state index < -0.39 is 34.6 Å². The number of unbranched alkanes of at least 4 members (excludes halogenated alkanes) is 2. The Balaban J connectivity index is 2.67. The molecule has 0 saturated heterocycles. The number of hydrogen-bond acceptors (Lipinski definition) is 4. The highest BCUT2D eigenvalue weighted by atomic mass is 35.5. The molecule has 1 rings (SSSR count). The van der Waals surface area contributed by atoms with Crippen molar-refractivity contribution in [2.45, 2.75) is 38.8 Å². The summed E-state index contributed by atoms with van der Waals surface area (Å²) in [5, 5.41) is 11.2. The molecule has 1 atom stereocenters. The standard InChI is InChI=1S/C17H22ClF3N4O4/c1-2-3-4-5-11(9-25(29)10-26)15(27)23-24-16(28)22-12-6-7-14(18)13(8-12)17(19,20)21/h6-8,10-11,29H,2-5,9H2,1H3,(H,23,27)(H2,22,24,28)/t11-/m1/s1. The number of carbonyl (C=O) groups excluding carboxylic acids is 3. The average Bonchev–Trinajstić information content (AvgIpc) is 2.65. The van der Waals surface area contributed by atoms with Gasteiger partial charge in [0.2, 0.25) is 12.3 Å². The van der Waals surface area contributed by atoms with Gasteiger partial charge in [0.25, 0.3) is 0 Å². The minimum absolute atomic E-state index is 0.152. The zero-order valence-corrected chi connectivity index (χ0v) is 16.3. The fraction of sp³-hybridized carbons (Fsp3) is 0.471. The van der Waals surface area contributed by atoms with E-state index in [4.69, 9.17) is 11.6 Å². The molecule has 162 valence electrons. The van der Waals surface area contributed by atoms with E-state index in [2.05, 4.69) is 10.7 Å². The summed E-state index contributed by atoms with van der Waals surface area (Å²) in [6.07, 6.45) is -1.79. The Hall–Kier alpha value is -2.53. The van der Waals surface area contributed by atoms with Gasteiger partial charge in [-0.1, -0.05) is 37.8 Å². The zero-order valence-electron chi connectivity index (χ0n) is 15.6. The fourth-order valence-electron chi connectivity index (χ4n) is 2.42. The molecule has 0 bridgehead atoms. The third-order valence-corrected chi connectivity index (χ3v) is 4.21. The molecule has 0 heterocycles. The van der Waals surface area contributed by atoms with Crippen LogP contribution in [0.1, 0.15) is 38.2 Å². The Morgan fingerprint density at radius 3 is 2.55 bits per heavy atom. The normalized spacial score (nSPS) is 12.1. The molecule has 4 N–H and O–H groups in total. The van der Waals surface area contributed by atoms with Crippen LogP contribution in [-0.4, -0.2) is 35.2 Å². The van der Waals surface area contributed by atoms with Gasteiger partial charge >= 0.3 is 12.2 Å². The highest BCUT2D eigenvalue weighted by molar-refractivity contribution is 6.31. The summed E-state index contributed by atoms with van der Waals surface area (Å²) in [4.78, 5) is 34.6. The smallest absolute Gasteiger partial charge is 0.307 e. The number of hydroxylamine groups is 2. The number of nitrogens with one attached hydrogen (secondary N) is 3. The summed E-state index contributed by atoms with van der Waals surface area (Å²) in [6.45, 7) is 1.69. The van der Waals surface area contributed by atoms with E-state index in [1.165, 1.54) is 6.07 Å². The van der Waals surface area contributed by atoms with Crippen molar-refractivity contribution in [3.05, 3.63) is 28.8 Å². The lowest BCUT2D eigenvalue weighted by atomic mass is 10.0. The van der Waals surface area contributed by atoms with Crippen molar-refractivity contribution in [3.63, 3.8) is 0 Å². The van der Waals surface area contributed by atoms with Crippen LogP contribution in [0.4, 0.5) is 23.7 Å². The predicted molar refractivity (Wildman–Crippen MR) is 98.9 cm³/mol. The number of halogens is 4. The van der Waals surface area contributed by atoms with Crippen molar-refractivity contribution in [2.24, 2.45) is 5.92 Å². The summed E-state index contributed by atoms with van der Waals surface area (Å²) in [7, 11) is 0. The number of carbonyl (C=O) groups is 3. The molecule has 0 saturated carbocycles. The molecule has 0 fully saturated rings. The molecule has 0 unspecified atom stereocenters. The Morgan fingerprint density at radius 2 is 1.97 bits per heavy atom. The van der Waals surface area contributed by atoms with Crippen molar-refractivity contribution in [2.75, 3.05) is 11.9 Å². The first-order valence-corrected chi connectivity index (χ1v) is 9.10. The molecule has 4 amide bonds. The van der Waals surface area contributed by atoms with Crippen molar-refractivity contribution < 1.29 is 32.8 Å². The van der Waals surface area contributed by atoms with Crippen LogP contribution in [0.2, 0.25) is 5.02 Å². The van der Waals surface area contributed by atoms with Gasteiger partial charge in [0.1, 0.15) is 0 Å². The Labute approximate surface area is 170 Å². The first kappa shape index (κ1) is 24.5. The highest BCUT2D eigenvalue weighted by Gasteiger charge is 2.33. The number of nitrogens with zero attached hydrogens (tertiary/aromatic N) is 1. The number of hydrazine groups is 1. The number of alkyl halides is 3. The minimum Gasteiger partial charge on any atom is -0.307 e. The van der Waals surface area contributed by atoms with Gasteiger partial charge in [-0.15, -0.1) is 0 Å². The lowest BCUT2D eigenvalue weighted by Gasteiger charge is -2.20. The van der Waals surface area contributed by atoms with Crippen molar-refractivity contribution in [1.82, 2.24) is 15.9 Å². The van der Waals surface area contributed by atoms with Gasteiger partial charge in [-0.05, 0) is 24.6 Å². The first-order valence-electron chi connectivity index (χ1n) is 8.72. The second-order valence-corrected chi connectivity index (χ2v) is 6.59. The van der Waals surface area contributed by atoms with E-state index in [0.717, 1.165) is 18.9 Å². The van der Waals surface area contributed by atoms with Gasteiger partial charge in [-0.25, -0.2) is 15.3 Å². The van der Waals surface area contributed by atoms with Crippen LogP contribution in [0.25, 0.3) is 0 Å². The third kappa shape index (κ3) is 8.57. The molecule has 0 aliphatic heterocycles. The maximum Gasteiger partial charge on any atom is 0.417 e. The molecule has 1 aromatic carbocycles. The molecular formula is C17H22ClF3N4O4. The highest BCUT2D eigenvalue weighted by Crippen LogP contribution is 2.36. The van der Waals surface area contributed by atoms with Crippen LogP contribution in [0.3, 0.4) is 0 Å². The van der Waals surface area contributed by atoms with Gasteiger partial charge in [-0.3, -0.25) is 20.2 Å². The molecule has 29 heavy (non-hydrogen) atoms. The van der Waals surface area contributed by atoms with Crippen LogP contribution in [0.5, 0.6) is 0 Å². The van der Waals surface area contributed by atoms with Gasteiger partial charge in [0.15, 0.2) is 0 Å². The number of urea groups is 1. The Morgan fingerprint density at radius 1 is 1.28 bits per heavy atom. The van der Waals surface area contributed by atoms with E-state index in [1.807, 2.05) is 12.3 Å². The van der Waals surface area contributed by atoms with E-state index in [9.17, 15) is 32.8 Å². The quantitative estimate of drug-likeness (QED) is 0.204. The Bertz CT molecular complexity index is 718. The second kappa shape index (κ2) is 11.5. The number of anilines is 1. The molecule has 8 nitrogen and oxygen atoms in total. The minimum atomic E-state index is -4.69. The van der Waals surface area contributed by atoms with Gasteiger partial charge in [0, 0.05) is 5.69 Å². The van der Waals surface area contributed by atoms with Crippen LogP contribution in [-0.2, 0) is 15.8 Å². The largest absolute Gasteiger partial charge is 0.417 e. The van der Waals surface area contributed by atoms with Gasteiger partial charge < -0.3 is 5.32 Å². The summed E-state index contributed by atoms with van der Waals surface area (Å²) >= 11 is 5.51. The Kier molecular flexibility index (Phi) is 9.69. The third-order valence-electron chi connectivity index (χ3n) is 3.88. The van der Waals surface area contributed by atoms with Gasteiger partial charge in [-0.2, -0.15) is 13.2 Å². The molecule has 0 aromatic heterocycles. The van der Waals surface area contributed by atoms with Crippen LogP contribution >= 0.6 is 11.6 Å².